The molecule has 1 amide bonds. The number of non-ortho nitro benzene ring substituents is 1. The van der Waals surface area contributed by atoms with E-state index in [9.17, 15) is 23.3 Å². The highest BCUT2D eigenvalue weighted by atomic mass is 35.5. The first-order valence-corrected chi connectivity index (χ1v) is 13.0. The molecule has 0 saturated carbocycles. The third kappa shape index (κ3) is 5.46. The number of aryl methyl sites for hydroxylation is 1. The Labute approximate surface area is 218 Å². The Bertz CT molecular complexity index is 1420. The number of amides is 1. The summed E-state index contributed by atoms with van der Waals surface area (Å²) in [5.74, 6) is -0.229. The maximum absolute atomic E-state index is 13.6. The van der Waals surface area contributed by atoms with E-state index in [0.29, 0.717) is 10.6 Å². The molecule has 0 unspecified atom stereocenters. The highest BCUT2D eigenvalue weighted by Gasteiger charge is 2.34. The lowest BCUT2D eigenvalue weighted by atomic mass is 10.1. The van der Waals surface area contributed by atoms with Gasteiger partial charge in [0.05, 0.1) is 9.95 Å². The maximum Gasteiger partial charge on any atom is 0.271 e. The molecule has 0 aromatic heterocycles. The van der Waals surface area contributed by atoms with Crippen LogP contribution in [-0.4, -0.2) is 54.6 Å². The maximum atomic E-state index is 13.6. The van der Waals surface area contributed by atoms with Crippen LogP contribution in [0.25, 0.3) is 0 Å². The summed E-state index contributed by atoms with van der Waals surface area (Å²) in [6, 6.07) is 14.9. The normalized spacial score (nSPS) is 14.5. The molecule has 1 fully saturated rings. The summed E-state index contributed by atoms with van der Waals surface area (Å²) in [4.78, 5) is 24.7. The quantitative estimate of drug-likeness (QED) is 0.310. The number of rotatable bonds is 6. The van der Waals surface area contributed by atoms with E-state index >= 15 is 0 Å². The van der Waals surface area contributed by atoms with Crippen LogP contribution >= 0.6 is 23.2 Å². The third-order valence-corrected chi connectivity index (χ3v) is 8.16. The number of hydrogen-bond donors (Lipinski definition) is 0. The topological polar surface area (TPSA) is 110 Å². The Morgan fingerprint density at radius 2 is 1.61 bits per heavy atom. The van der Waals surface area contributed by atoms with Gasteiger partial charge in [-0.2, -0.15) is 4.31 Å². The summed E-state index contributed by atoms with van der Waals surface area (Å²) in [7, 11) is -4.22. The molecule has 0 atom stereocenters. The number of carbonyl (C=O) groups is 1. The molecule has 3 aromatic rings. The lowest BCUT2D eigenvalue weighted by molar-refractivity contribution is -0.385. The van der Waals surface area contributed by atoms with Gasteiger partial charge in [-0.15, -0.1) is 0 Å². The molecule has 3 aromatic carbocycles. The first kappa shape index (κ1) is 25.9. The van der Waals surface area contributed by atoms with Gasteiger partial charge in [0.1, 0.15) is 16.4 Å². The molecule has 1 saturated heterocycles. The van der Waals surface area contributed by atoms with Crippen LogP contribution in [0.1, 0.15) is 15.9 Å². The number of piperazine rings is 1. The number of nitrogens with zero attached hydrogens (tertiary/aromatic N) is 3. The summed E-state index contributed by atoms with van der Waals surface area (Å²) >= 11 is 12.2. The van der Waals surface area contributed by atoms with E-state index in [2.05, 4.69) is 0 Å². The standard InChI is InChI=1S/C24H21Cl2N3O6S/c1-16-2-4-17(5-3-16)24(30)27-10-12-28(13-11-27)36(33,34)23-15-19(29(31)32)7-9-21(23)35-22-14-18(25)6-8-20(22)26/h2-9,14-15H,10-13H2,1H3. The second-order valence-electron chi connectivity index (χ2n) is 8.13. The van der Waals surface area contributed by atoms with E-state index in [0.717, 1.165) is 17.7 Å². The first-order valence-electron chi connectivity index (χ1n) is 10.8. The number of benzene rings is 3. The molecule has 9 nitrogen and oxygen atoms in total. The Kier molecular flexibility index (Phi) is 7.51. The molecule has 0 bridgehead atoms. The van der Waals surface area contributed by atoms with Gasteiger partial charge in [-0.3, -0.25) is 14.9 Å². The number of sulfonamides is 1. The Morgan fingerprint density at radius 1 is 0.944 bits per heavy atom. The molecular formula is C24H21Cl2N3O6S. The molecule has 12 heteroatoms. The van der Waals surface area contributed by atoms with Gasteiger partial charge in [0, 0.05) is 55.0 Å². The van der Waals surface area contributed by atoms with Crippen molar-refractivity contribution >= 4 is 44.8 Å². The van der Waals surface area contributed by atoms with Crippen LogP contribution in [0.15, 0.2) is 65.6 Å². The van der Waals surface area contributed by atoms with Crippen molar-refractivity contribution < 1.29 is 22.9 Å². The zero-order valence-corrected chi connectivity index (χ0v) is 21.4. The van der Waals surface area contributed by atoms with E-state index in [1.54, 1.807) is 23.1 Å². The predicted molar refractivity (Wildman–Crippen MR) is 135 cm³/mol. The lowest BCUT2D eigenvalue weighted by Crippen LogP contribution is -2.50. The lowest BCUT2D eigenvalue weighted by Gasteiger charge is -2.34. The Balaban J connectivity index is 1.60. The van der Waals surface area contributed by atoms with E-state index in [4.69, 9.17) is 27.9 Å². The molecule has 0 spiro atoms. The fourth-order valence-electron chi connectivity index (χ4n) is 3.72. The fourth-order valence-corrected chi connectivity index (χ4v) is 5.59. The zero-order valence-electron chi connectivity index (χ0n) is 19.1. The molecule has 188 valence electrons. The second kappa shape index (κ2) is 10.4. The van der Waals surface area contributed by atoms with Crippen molar-refractivity contribution in [3.05, 3.63) is 92.0 Å². The summed E-state index contributed by atoms with van der Waals surface area (Å²) in [5, 5.41) is 11.9. The average Bonchev–Trinajstić information content (AvgIpc) is 2.86. The molecule has 0 aliphatic carbocycles. The Hall–Kier alpha value is -3.18. The highest BCUT2D eigenvalue weighted by Crippen LogP contribution is 2.37. The minimum atomic E-state index is -4.22. The average molecular weight is 550 g/mol. The van der Waals surface area contributed by atoms with Crippen molar-refractivity contribution in [2.24, 2.45) is 0 Å². The van der Waals surface area contributed by atoms with Crippen LogP contribution in [0.4, 0.5) is 5.69 Å². The number of nitro benzene ring substituents is 1. The summed E-state index contributed by atoms with van der Waals surface area (Å²) in [5.41, 5.74) is 1.13. The minimum Gasteiger partial charge on any atom is -0.454 e. The monoisotopic (exact) mass is 549 g/mol. The molecule has 0 radical (unpaired) electrons. The predicted octanol–water partition coefficient (Wildman–Crippen LogP) is 5.15. The first-order chi connectivity index (χ1) is 17.1. The van der Waals surface area contributed by atoms with Gasteiger partial charge in [-0.25, -0.2) is 8.42 Å². The van der Waals surface area contributed by atoms with Gasteiger partial charge >= 0.3 is 0 Å². The molecule has 36 heavy (non-hydrogen) atoms. The van der Waals surface area contributed by atoms with Gasteiger partial charge < -0.3 is 9.64 Å². The van der Waals surface area contributed by atoms with E-state index < -0.39 is 20.6 Å². The number of ether oxygens (including phenoxy) is 1. The van der Waals surface area contributed by atoms with Gasteiger partial charge in [-0.1, -0.05) is 40.9 Å². The van der Waals surface area contributed by atoms with E-state index in [1.807, 2.05) is 19.1 Å². The second-order valence-corrected chi connectivity index (χ2v) is 10.9. The number of halogens is 2. The summed E-state index contributed by atoms with van der Waals surface area (Å²) in [6.45, 7) is 2.28. The zero-order chi connectivity index (χ0) is 26.0. The van der Waals surface area contributed by atoms with Gasteiger partial charge in [0.2, 0.25) is 10.0 Å². The fraction of sp³-hybridized carbons (Fsp3) is 0.208. The van der Waals surface area contributed by atoms with Crippen molar-refractivity contribution in [2.75, 3.05) is 26.2 Å². The smallest absolute Gasteiger partial charge is 0.271 e. The van der Waals surface area contributed by atoms with Gasteiger partial charge in [0.25, 0.3) is 11.6 Å². The van der Waals surface area contributed by atoms with E-state index in [1.165, 1.54) is 22.5 Å². The van der Waals surface area contributed by atoms with Crippen LogP contribution in [0.5, 0.6) is 11.5 Å². The van der Waals surface area contributed by atoms with Gasteiger partial charge in [0.15, 0.2) is 0 Å². The van der Waals surface area contributed by atoms with Crippen molar-refractivity contribution in [3.63, 3.8) is 0 Å². The number of hydrogen-bond acceptors (Lipinski definition) is 6. The highest BCUT2D eigenvalue weighted by molar-refractivity contribution is 7.89. The van der Waals surface area contributed by atoms with Crippen molar-refractivity contribution in [3.8, 4) is 11.5 Å². The van der Waals surface area contributed by atoms with Crippen LogP contribution in [-0.2, 0) is 10.0 Å². The summed E-state index contributed by atoms with van der Waals surface area (Å²) < 4.78 is 34.1. The van der Waals surface area contributed by atoms with Crippen molar-refractivity contribution in [2.45, 2.75) is 11.8 Å². The molecule has 0 N–H and O–H groups in total. The largest absolute Gasteiger partial charge is 0.454 e. The van der Waals surface area contributed by atoms with E-state index in [-0.39, 0.29) is 53.5 Å². The van der Waals surface area contributed by atoms with Gasteiger partial charge in [-0.05, 0) is 37.3 Å². The van der Waals surface area contributed by atoms with Crippen LogP contribution < -0.4 is 4.74 Å². The third-order valence-electron chi connectivity index (χ3n) is 5.69. The minimum absolute atomic E-state index is 0.0139. The summed E-state index contributed by atoms with van der Waals surface area (Å²) in [6.07, 6.45) is 0. The number of nitro groups is 1. The Morgan fingerprint density at radius 3 is 2.25 bits per heavy atom. The molecular weight excluding hydrogens is 529 g/mol. The van der Waals surface area contributed by atoms with Crippen molar-refractivity contribution in [1.82, 2.24) is 9.21 Å². The van der Waals surface area contributed by atoms with Crippen LogP contribution in [0.2, 0.25) is 10.0 Å². The molecule has 1 aliphatic heterocycles. The molecule has 4 rings (SSSR count). The number of carbonyl (C=O) groups excluding carboxylic acids is 1. The molecule has 1 aliphatic rings. The SMILES string of the molecule is Cc1ccc(C(=O)N2CCN(S(=O)(=O)c3cc([N+](=O)[O-])ccc3Oc3cc(Cl)ccc3Cl)CC2)cc1. The van der Waals surface area contributed by atoms with Crippen molar-refractivity contribution in [1.29, 1.82) is 0 Å². The van der Waals surface area contributed by atoms with Crippen LogP contribution in [0, 0.1) is 17.0 Å². The van der Waals surface area contributed by atoms with Crippen LogP contribution in [0.3, 0.4) is 0 Å². The molecule has 1 heterocycles.